The Morgan fingerprint density at radius 2 is 2.11 bits per heavy atom. The quantitative estimate of drug-likeness (QED) is 0.798. The summed E-state index contributed by atoms with van der Waals surface area (Å²) in [6.07, 6.45) is 3.13. The van der Waals surface area contributed by atoms with E-state index in [1.165, 1.54) is 24.4 Å². The Hall–Kier alpha value is -2.43. The van der Waals surface area contributed by atoms with Gasteiger partial charge >= 0.3 is 0 Å². The number of nitrogen functional groups attached to an aromatic ring is 1. The van der Waals surface area contributed by atoms with Crippen LogP contribution in [0.2, 0.25) is 0 Å². The van der Waals surface area contributed by atoms with E-state index in [2.05, 4.69) is 10.3 Å². The molecule has 92 valence electrons. The lowest BCUT2D eigenvalue weighted by Gasteiger charge is -2.06. The normalized spacial score (nSPS) is 10.1. The molecule has 0 saturated carbocycles. The van der Waals surface area contributed by atoms with Gasteiger partial charge in [-0.3, -0.25) is 9.78 Å². The number of hydrogen-bond acceptors (Lipinski definition) is 3. The summed E-state index contributed by atoms with van der Waals surface area (Å²) in [5.74, 6) is -0.817. The summed E-state index contributed by atoms with van der Waals surface area (Å²) in [7, 11) is 0. The topological polar surface area (TPSA) is 68.0 Å². The third kappa shape index (κ3) is 2.63. The van der Waals surface area contributed by atoms with Crippen LogP contribution in [0.4, 0.5) is 15.8 Å². The summed E-state index contributed by atoms with van der Waals surface area (Å²) < 4.78 is 13.0. The Kier molecular flexibility index (Phi) is 3.23. The molecule has 4 nitrogen and oxygen atoms in total. The second-order valence-corrected chi connectivity index (χ2v) is 3.94. The Bertz CT molecular complexity index is 599. The average molecular weight is 245 g/mol. The molecule has 0 unspecified atom stereocenters. The third-order valence-electron chi connectivity index (χ3n) is 2.39. The zero-order valence-electron chi connectivity index (χ0n) is 9.77. The Balaban J connectivity index is 2.18. The van der Waals surface area contributed by atoms with E-state index in [1.807, 2.05) is 6.92 Å². The van der Waals surface area contributed by atoms with Gasteiger partial charge in [0.05, 0.1) is 11.3 Å². The summed E-state index contributed by atoms with van der Waals surface area (Å²) in [4.78, 5) is 15.8. The molecule has 0 aliphatic carbocycles. The number of nitrogens with two attached hydrogens (primary N) is 1. The van der Waals surface area contributed by atoms with Crippen molar-refractivity contribution in [2.45, 2.75) is 6.92 Å². The molecule has 0 fully saturated rings. The number of anilines is 2. The van der Waals surface area contributed by atoms with Crippen LogP contribution in [0.15, 0.2) is 36.7 Å². The fraction of sp³-hybridized carbons (Fsp3) is 0.0769. The zero-order chi connectivity index (χ0) is 13.1. The number of nitrogens with zero attached hydrogens (tertiary/aromatic N) is 1. The van der Waals surface area contributed by atoms with Crippen molar-refractivity contribution >= 4 is 17.3 Å². The van der Waals surface area contributed by atoms with E-state index in [-0.39, 0.29) is 11.6 Å². The van der Waals surface area contributed by atoms with Gasteiger partial charge in [0.25, 0.3) is 5.91 Å². The molecule has 2 aromatic rings. The van der Waals surface area contributed by atoms with Crippen molar-refractivity contribution < 1.29 is 9.18 Å². The average Bonchev–Trinajstić information content (AvgIpc) is 2.34. The minimum absolute atomic E-state index is 0.00447. The first kappa shape index (κ1) is 12.0. The summed E-state index contributed by atoms with van der Waals surface area (Å²) in [6, 6.07) is 5.75. The molecule has 0 radical (unpaired) electrons. The molecule has 0 atom stereocenters. The Morgan fingerprint density at radius 3 is 2.78 bits per heavy atom. The number of nitrogens with one attached hydrogen (secondary N) is 1. The maximum atomic E-state index is 13.0. The van der Waals surface area contributed by atoms with Gasteiger partial charge in [-0.2, -0.15) is 0 Å². The lowest BCUT2D eigenvalue weighted by atomic mass is 10.2. The summed E-state index contributed by atoms with van der Waals surface area (Å²) in [6.45, 7) is 1.85. The van der Waals surface area contributed by atoms with Gasteiger partial charge in [-0.25, -0.2) is 4.39 Å². The van der Waals surface area contributed by atoms with Crippen LogP contribution in [0.1, 0.15) is 15.9 Å². The number of hydrogen-bond donors (Lipinski definition) is 2. The van der Waals surface area contributed by atoms with E-state index in [9.17, 15) is 9.18 Å². The zero-order valence-corrected chi connectivity index (χ0v) is 9.77. The number of aromatic nitrogens is 1. The van der Waals surface area contributed by atoms with Crippen molar-refractivity contribution in [2.24, 2.45) is 0 Å². The SMILES string of the molecule is Cc1cncc(C(=O)Nc2ccc(F)c(N)c2)c1. The van der Waals surface area contributed by atoms with Crippen molar-refractivity contribution in [3.05, 3.63) is 53.6 Å². The molecule has 0 bridgehead atoms. The number of rotatable bonds is 2. The van der Waals surface area contributed by atoms with Crippen LogP contribution in [0.5, 0.6) is 0 Å². The number of amides is 1. The molecule has 1 aromatic heterocycles. The molecule has 5 heteroatoms. The first-order chi connectivity index (χ1) is 8.56. The molecule has 18 heavy (non-hydrogen) atoms. The van der Waals surface area contributed by atoms with Crippen LogP contribution >= 0.6 is 0 Å². The van der Waals surface area contributed by atoms with E-state index < -0.39 is 5.82 Å². The van der Waals surface area contributed by atoms with Gasteiger partial charge < -0.3 is 11.1 Å². The maximum Gasteiger partial charge on any atom is 0.257 e. The number of halogens is 1. The minimum Gasteiger partial charge on any atom is -0.396 e. The number of benzene rings is 1. The number of pyridine rings is 1. The van der Waals surface area contributed by atoms with Gasteiger partial charge in [0.1, 0.15) is 5.82 Å². The summed E-state index contributed by atoms with van der Waals surface area (Å²) in [5, 5.41) is 2.63. The molecular weight excluding hydrogens is 233 g/mol. The molecule has 0 spiro atoms. The maximum absolute atomic E-state index is 13.0. The van der Waals surface area contributed by atoms with E-state index in [4.69, 9.17) is 5.73 Å². The predicted octanol–water partition coefficient (Wildman–Crippen LogP) is 2.36. The minimum atomic E-state index is -0.509. The molecular formula is C13H12FN3O. The van der Waals surface area contributed by atoms with Gasteiger partial charge in [-0.1, -0.05) is 0 Å². The highest BCUT2D eigenvalue weighted by Crippen LogP contribution is 2.17. The van der Waals surface area contributed by atoms with E-state index in [0.29, 0.717) is 11.3 Å². The molecule has 2 rings (SSSR count). The fourth-order valence-corrected chi connectivity index (χ4v) is 1.50. The first-order valence-corrected chi connectivity index (χ1v) is 5.34. The highest BCUT2D eigenvalue weighted by molar-refractivity contribution is 6.04. The van der Waals surface area contributed by atoms with E-state index in [0.717, 1.165) is 5.56 Å². The van der Waals surface area contributed by atoms with Crippen molar-refractivity contribution in [1.29, 1.82) is 0 Å². The molecule has 0 saturated heterocycles. The standard InChI is InChI=1S/C13H12FN3O/c1-8-4-9(7-16-6-8)13(18)17-10-2-3-11(14)12(15)5-10/h2-7H,15H2,1H3,(H,17,18). The van der Waals surface area contributed by atoms with Gasteiger partial charge in [-0.15, -0.1) is 0 Å². The Morgan fingerprint density at radius 1 is 1.33 bits per heavy atom. The van der Waals surface area contributed by atoms with Crippen molar-refractivity contribution in [3.8, 4) is 0 Å². The number of carbonyl (C=O) groups excluding carboxylic acids is 1. The molecule has 1 aromatic carbocycles. The molecule has 3 N–H and O–H groups in total. The van der Waals surface area contributed by atoms with Gasteiger partial charge in [0, 0.05) is 18.1 Å². The van der Waals surface area contributed by atoms with E-state index >= 15 is 0 Å². The highest BCUT2D eigenvalue weighted by atomic mass is 19.1. The van der Waals surface area contributed by atoms with Crippen molar-refractivity contribution in [3.63, 3.8) is 0 Å². The van der Waals surface area contributed by atoms with Crippen molar-refractivity contribution in [1.82, 2.24) is 4.98 Å². The largest absolute Gasteiger partial charge is 0.396 e. The third-order valence-corrected chi connectivity index (χ3v) is 2.39. The number of carbonyl (C=O) groups is 1. The smallest absolute Gasteiger partial charge is 0.257 e. The van der Waals surface area contributed by atoms with Crippen LogP contribution in [-0.4, -0.2) is 10.9 Å². The first-order valence-electron chi connectivity index (χ1n) is 5.34. The van der Waals surface area contributed by atoms with Crippen LogP contribution in [0.25, 0.3) is 0 Å². The van der Waals surface area contributed by atoms with E-state index in [1.54, 1.807) is 12.3 Å². The second kappa shape index (κ2) is 4.83. The lowest BCUT2D eigenvalue weighted by Crippen LogP contribution is -2.12. The Labute approximate surface area is 104 Å². The van der Waals surface area contributed by atoms with Gasteiger partial charge in [0.2, 0.25) is 0 Å². The fourth-order valence-electron chi connectivity index (χ4n) is 1.50. The molecule has 0 aliphatic rings. The predicted molar refractivity (Wildman–Crippen MR) is 67.7 cm³/mol. The monoisotopic (exact) mass is 245 g/mol. The summed E-state index contributed by atoms with van der Waals surface area (Å²) >= 11 is 0. The molecule has 1 amide bonds. The number of aryl methyl sites for hydroxylation is 1. The van der Waals surface area contributed by atoms with Crippen LogP contribution in [0.3, 0.4) is 0 Å². The molecule has 1 heterocycles. The highest BCUT2D eigenvalue weighted by Gasteiger charge is 2.07. The lowest BCUT2D eigenvalue weighted by molar-refractivity contribution is 0.102. The van der Waals surface area contributed by atoms with Crippen LogP contribution < -0.4 is 11.1 Å². The molecule has 0 aliphatic heterocycles. The van der Waals surface area contributed by atoms with Gasteiger partial charge in [0.15, 0.2) is 0 Å². The van der Waals surface area contributed by atoms with Crippen molar-refractivity contribution in [2.75, 3.05) is 11.1 Å². The van der Waals surface area contributed by atoms with Crippen LogP contribution in [0, 0.1) is 12.7 Å². The second-order valence-electron chi connectivity index (χ2n) is 3.94. The summed E-state index contributed by atoms with van der Waals surface area (Å²) in [5.41, 5.74) is 7.19. The van der Waals surface area contributed by atoms with Crippen LogP contribution in [-0.2, 0) is 0 Å². The van der Waals surface area contributed by atoms with Gasteiger partial charge in [-0.05, 0) is 36.8 Å².